The third-order valence-corrected chi connectivity index (χ3v) is 8.73. The van der Waals surface area contributed by atoms with Gasteiger partial charge in [-0.2, -0.15) is 0 Å². The minimum atomic E-state index is -0.292. The maximum atomic E-state index is 13.9. The Morgan fingerprint density at radius 2 is 1.54 bits per heavy atom. The van der Waals surface area contributed by atoms with E-state index >= 15 is 0 Å². The second-order valence-electron chi connectivity index (χ2n) is 10.7. The molecule has 2 amide bonds. The van der Waals surface area contributed by atoms with Crippen LogP contribution in [0.3, 0.4) is 0 Å². The van der Waals surface area contributed by atoms with Crippen LogP contribution >= 0.6 is 0 Å². The number of anilines is 1. The second-order valence-corrected chi connectivity index (χ2v) is 10.7. The zero-order chi connectivity index (χ0) is 27.1. The number of aliphatic hydroxyl groups is 1. The average Bonchev–Trinajstić information content (AvgIpc) is 3.30. The van der Waals surface area contributed by atoms with Crippen molar-refractivity contribution < 1.29 is 19.4 Å². The maximum absolute atomic E-state index is 13.9. The van der Waals surface area contributed by atoms with Crippen LogP contribution in [0.2, 0.25) is 0 Å². The number of fused-ring (bicyclic) bond motifs is 4. The molecule has 3 heterocycles. The van der Waals surface area contributed by atoms with Crippen LogP contribution < -0.4 is 9.64 Å². The van der Waals surface area contributed by atoms with E-state index < -0.39 is 0 Å². The molecule has 7 heteroatoms. The lowest BCUT2D eigenvalue weighted by atomic mass is 9.63. The van der Waals surface area contributed by atoms with E-state index in [1.807, 2.05) is 84.7 Å². The summed E-state index contributed by atoms with van der Waals surface area (Å²) in [6.07, 6.45) is 1.49. The third-order valence-electron chi connectivity index (χ3n) is 8.73. The number of hydrogen-bond acceptors (Lipinski definition) is 5. The van der Waals surface area contributed by atoms with Crippen LogP contribution in [0.15, 0.2) is 90.3 Å². The molecule has 39 heavy (non-hydrogen) atoms. The van der Waals surface area contributed by atoms with Crippen LogP contribution in [0, 0.1) is 5.41 Å². The van der Waals surface area contributed by atoms with Gasteiger partial charge in [0.1, 0.15) is 5.75 Å². The highest BCUT2D eigenvalue weighted by Crippen LogP contribution is 2.59. The minimum Gasteiger partial charge on any atom is -0.497 e. The van der Waals surface area contributed by atoms with Gasteiger partial charge in [-0.05, 0) is 48.7 Å². The minimum absolute atomic E-state index is 0.000596. The number of piperidine rings is 1. The number of benzene rings is 3. The third kappa shape index (κ3) is 4.08. The van der Waals surface area contributed by atoms with Crippen molar-refractivity contribution in [1.29, 1.82) is 0 Å². The molecule has 0 aromatic heterocycles. The van der Waals surface area contributed by atoms with Gasteiger partial charge in [0.25, 0.3) is 11.8 Å². The summed E-state index contributed by atoms with van der Waals surface area (Å²) < 4.78 is 5.53. The summed E-state index contributed by atoms with van der Waals surface area (Å²) in [5.41, 5.74) is 4.79. The summed E-state index contributed by atoms with van der Waals surface area (Å²) in [5, 5.41) is 10.7. The predicted molar refractivity (Wildman–Crippen MR) is 150 cm³/mol. The largest absolute Gasteiger partial charge is 0.497 e. The molecule has 7 nitrogen and oxygen atoms in total. The number of carbonyl (C=O) groups excluding carboxylic acids is 2. The predicted octanol–water partition coefficient (Wildman–Crippen LogP) is 4.51. The van der Waals surface area contributed by atoms with E-state index in [0.29, 0.717) is 36.5 Å². The van der Waals surface area contributed by atoms with Gasteiger partial charge in [-0.3, -0.25) is 9.59 Å². The smallest absolute Gasteiger partial charge is 0.258 e. The molecule has 200 valence electrons. The molecular formula is C32H33N3O4. The number of rotatable bonds is 4. The molecule has 1 atom stereocenters. The monoisotopic (exact) mass is 523 g/mol. The Labute approximate surface area is 228 Å². The Bertz CT molecular complexity index is 1430. The topological polar surface area (TPSA) is 73.3 Å². The Morgan fingerprint density at radius 3 is 2.13 bits per heavy atom. The first-order valence-corrected chi connectivity index (χ1v) is 13.4. The average molecular weight is 524 g/mol. The summed E-state index contributed by atoms with van der Waals surface area (Å²) in [6, 6.07) is 24.8. The highest BCUT2D eigenvalue weighted by Gasteiger charge is 2.55. The quantitative estimate of drug-likeness (QED) is 0.545. The number of carbonyl (C=O) groups is 2. The fourth-order valence-electron chi connectivity index (χ4n) is 6.74. The molecule has 0 aliphatic carbocycles. The SMILES string of the molecule is COc1ccc2c(c1)N(C)C1=C(CO)N(C(=O)c3ccccc3)CC3(CCN(C(=O)c4ccccc4)CC3)[C@H]12. The zero-order valence-corrected chi connectivity index (χ0v) is 22.3. The lowest BCUT2D eigenvalue weighted by Gasteiger charge is -2.52. The number of amides is 2. The number of aliphatic hydroxyl groups excluding tert-OH is 1. The van der Waals surface area contributed by atoms with Crippen LogP contribution in [-0.2, 0) is 0 Å². The van der Waals surface area contributed by atoms with E-state index in [4.69, 9.17) is 4.74 Å². The number of allylic oxidation sites excluding steroid dienone is 1. The number of methoxy groups -OCH3 is 1. The number of nitrogens with zero attached hydrogens (tertiary/aromatic N) is 3. The molecule has 3 aliphatic rings. The van der Waals surface area contributed by atoms with Crippen molar-refractivity contribution in [3.63, 3.8) is 0 Å². The Balaban J connectivity index is 1.42. The Hall–Kier alpha value is -4.10. The normalized spacial score (nSPS) is 19.7. The van der Waals surface area contributed by atoms with Crippen molar-refractivity contribution in [3.05, 3.63) is 107 Å². The lowest BCUT2D eigenvalue weighted by Crippen LogP contribution is -2.55. The second kappa shape index (κ2) is 9.89. The first-order valence-electron chi connectivity index (χ1n) is 13.4. The zero-order valence-electron chi connectivity index (χ0n) is 22.3. The molecule has 0 radical (unpaired) electrons. The van der Waals surface area contributed by atoms with Gasteiger partial charge in [0.15, 0.2) is 0 Å². The highest BCUT2D eigenvalue weighted by atomic mass is 16.5. The molecule has 0 bridgehead atoms. The molecule has 1 saturated heterocycles. The van der Waals surface area contributed by atoms with E-state index in [2.05, 4.69) is 11.0 Å². The van der Waals surface area contributed by atoms with Crippen molar-refractivity contribution >= 4 is 17.5 Å². The van der Waals surface area contributed by atoms with Crippen molar-refractivity contribution in [3.8, 4) is 5.75 Å². The molecule has 3 aromatic carbocycles. The molecule has 1 N–H and O–H groups in total. The summed E-state index contributed by atoms with van der Waals surface area (Å²) in [6.45, 7) is 1.45. The standard InChI is InChI=1S/C32H33N3O4/c1-33-26-19-24(39-2)13-14-25(26)28-29(33)27(20-36)35(31(38)23-11-7-4-8-12-23)21-32(28)15-17-34(18-16-32)30(37)22-9-5-3-6-10-22/h3-14,19,28,36H,15-18,20-21H2,1-2H3/t28-/m0/s1. The van der Waals surface area contributed by atoms with Crippen molar-refractivity contribution in [2.24, 2.45) is 5.41 Å². The van der Waals surface area contributed by atoms with Crippen molar-refractivity contribution in [2.75, 3.05) is 45.3 Å². The number of likely N-dealkylation sites (tertiary alicyclic amines) is 1. The number of hydrogen-bond donors (Lipinski definition) is 1. The molecule has 1 fully saturated rings. The van der Waals surface area contributed by atoms with Gasteiger partial charge < -0.3 is 24.5 Å². The maximum Gasteiger partial charge on any atom is 0.258 e. The summed E-state index contributed by atoms with van der Waals surface area (Å²) in [7, 11) is 3.66. The van der Waals surface area contributed by atoms with Gasteiger partial charge in [0.05, 0.1) is 19.4 Å². The fraction of sp³-hybridized carbons (Fsp3) is 0.312. The Kier molecular flexibility index (Phi) is 6.39. The molecule has 3 aliphatic heterocycles. The number of likely N-dealkylation sites (N-methyl/N-ethyl adjacent to an activating group) is 1. The first-order chi connectivity index (χ1) is 19.0. The molecule has 3 aromatic rings. The van der Waals surface area contributed by atoms with Crippen LogP contribution in [0.25, 0.3) is 0 Å². The van der Waals surface area contributed by atoms with Gasteiger partial charge in [0, 0.05) is 66.6 Å². The molecule has 0 unspecified atom stereocenters. The number of ether oxygens (including phenoxy) is 1. The van der Waals surface area contributed by atoms with E-state index in [0.717, 1.165) is 30.0 Å². The molecular weight excluding hydrogens is 490 g/mol. The van der Waals surface area contributed by atoms with Gasteiger partial charge in [-0.25, -0.2) is 0 Å². The van der Waals surface area contributed by atoms with Gasteiger partial charge in [-0.15, -0.1) is 0 Å². The molecule has 0 saturated carbocycles. The van der Waals surface area contributed by atoms with E-state index in [1.54, 1.807) is 12.0 Å². The van der Waals surface area contributed by atoms with E-state index in [9.17, 15) is 14.7 Å². The summed E-state index contributed by atoms with van der Waals surface area (Å²) in [5.74, 6) is 0.688. The summed E-state index contributed by atoms with van der Waals surface area (Å²) >= 11 is 0. The van der Waals surface area contributed by atoms with Crippen molar-refractivity contribution in [1.82, 2.24) is 9.80 Å². The van der Waals surface area contributed by atoms with Crippen LogP contribution in [-0.4, -0.2) is 67.1 Å². The van der Waals surface area contributed by atoms with Gasteiger partial charge in [0.2, 0.25) is 0 Å². The fourth-order valence-corrected chi connectivity index (χ4v) is 6.74. The Morgan fingerprint density at radius 1 is 0.923 bits per heavy atom. The van der Waals surface area contributed by atoms with Crippen LogP contribution in [0.5, 0.6) is 5.75 Å². The van der Waals surface area contributed by atoms with Gasteiger partial charge >= 0.3 is 0 Å². The lowest BCUT2D eigenvalue weighted by molar-refractivity contribution is 0.0296. The molecule has 6 rings (SSSR count). The summed E-state index contributed by atoms with van der Waals surface area (Å²) in [4.78, 5) is 33.0. The van der Waals surface area contributed by atoms with Crippen LogP contribution in [0.4, 0.5) is 5.69 Å². The van der Waals surface area contributed by atoms with Crippen LogP contribution in [0.1, 0.15) is 45.0 Å². The van der Waals surface area contributed by atoms with E-state index in [1.165, 1.54) is 5.56 Å². The van der Waals surface area contributed by atoms with Crippen molar-refractivity contribution in [2.45, 2.75) is 18.8 Å². The first kappa shape index (κ1) is 25.2. The van der Waals surface area contributed by atoms with E-state index in [-0.39, 0.29) is 29.8 Å². The molecule has 1 spiro atoms. The van der Waals surface area contributed by atoms with Gasteiger partial charge in [-0.1, -0.05) is 42.5 Å². The highest BCUT2D eigenvalue weighted by molar-refractivity contribution is 5.96.